The number of hydrogen-bond donors (Lipinski definition) is 1. The van der Waals surface area contributed by atoms with Crippen LogP contribution < -0.4 is 0 Å². The first-order valence-corrected chi connectivity index (χ1v) is 6.25. The van der Waals surface area contributed by atoms with Crippen molar-refractivity contribution in [3.05, 3.63) is 23.7 Å². The molecule has 4 nitrogen and oxygen atoms in total. The minimum atomic E-state index is 0.428. The van der Waals surface area contributed by atoms with Gasteiger partial charge in [-0.2, -0.15) is 0 Å². The van der Waals surface area contributed by atoms with Crippen molar-refractivity contribution in [2.45, 2.75) is 38.7 Å². The van der Waals surface area contributed by atoms with Crippen LogP contribution in [0.4, 0.5) is 0 Å². The van der Waals surface area contributed by atoms with Crippen molar-refractivity contribution in [1.29, 1.82) is 0 Å². The van der Waals surface area contributed by atoms with Crippen molar-refractivity contribution < 1.29 is 4.74 Å². The van der Waals surface area contributed by atoms with E-state index in [4.69, 9.17) is 4.74 Å². The van der Waals surface area contributed by atoms with Crippen LogP contribution in [0.2, 0.25) is 0 Å². The maximum Gasteiger partial charge on any atom is 0.177 e. The van der Waals surface area contributed by atoms with Gasteiger partial charge in [-0.25, -0.2) is 9.97 Å². The normalized spacial score (nSPS) is 20.2. The van der Waals surface area contributed by atoms with Crippen molar-refractivity contribution in [3.8, 4) is 0 Å². The van der Waals surface area contributed by atoms with Gasteiger partial charge < -0.3 is 9.72 Å². The van der Waals surface area contributed by atoms with Crippen molar-refractivity contribution in [3.63, 3.8) is 0 Å². The number of nitrogens with one attached hydrogen (secondary N) is 1. The molecule has 2 aromatic rings. The Hall–Kier alpha value is -1.42. The van der Waals surface area contributed by atoms with Crippen LogP contribution >= 0.6 is 0 Å². The number of H-pyrrole nitrogens is 1. The largest absolute Gasteiger partial charge is 0.378 e. The Morgan fingerprint density at radius 1 is 1.53 bits per heavy atom. The van der Waals surface area contributed by atoms with E-state index in [1.165, 1.54) is 18.4 Å². The fraction of sp³-hybridized carbons (Fsp3) is 0.538. The number of ether oxygens (including phenoxy) is 1. The summed E-state index contributed by atoms with van der Waals surface area (Å²) in [7, 11) is 0. The summed E-state index contributed by atoms with van der Waals surface area (Å²) in [5.74, 6) is 1.03. The van der Waals surface area contributed by atoms with Gasteiger partial charge >= 0.3 is 0 Å². The van der Waals surface area contributed by atoms with E-state index in [1.54, 1.807) is 0 Å². The SMILES string of the molecule is Cc1ccnc2nc(CCC3CCCO3)[nH]c12. The van der Waals surface area contributed by atoms with E-state index in [2.05, 4.69) is 21.9 Å². The molecule has 3 rings (SSSR count). The van der Waals surface area contributed by atoms with Crippen LogP contribution in [0.5, 0.6) is 0 Å². The van der Waals surface area contributed by atoms with Gasteiger partial charge in [0, 0.05) is 19.2 Å². The highest BCUT2D eigenvalue weighted by molar-refractivity contribution is 5.74. The number of nitrogens with zero attached hydrogens (tertiary/aromatic N) is 2. The second kappa shape index (κ2) is 4.45. The molecule has 1 fully saturated rings. The van der Waals surface area contributed by atoms with Crippen LogP contribution in [-0.2, 0) is 11.2 Å². The third kappa shape index (κ3) is 2.17. The molecular formula is C13H17N3O. The molecule has 0 saturated carbocycles. The molecule has 0 aromatic carbocycles. The molecule has 1 unspecified atom stereocenters. The maximum absolute atomic E-state index is 5.62. The first kappa shape index (κ1) is 10.7. The lowest BCUT2D eigenvalue weighted by atomic mass is 10.1. The molecule has 0 aliphatic carbocycles. The lowest BCUT2D eigenvalue weighted by molar-refractivity contribution is 0.104. The molecule has 3 heterocycles. The topological polar surface area (TPSA) is 50.8 Å². The number of hydrogen-bond acceptors (Lipinski definition) is 3. The Labute approximate surface area is 100 Å². The van der Waals surface area contributed by atoms with E-state index in [-0.39, 0.29) is 0 Å². The first-order chi connectivity index (χ1) is 8.33. The van der Waals surface area contributed by atoms with Gasteiger partial charge in [-0.05, 0) is 37.8 Å². The van der Waals surface area contributed by atoms with Gasteiger partial charge in [0.25, 0.3) is 0 Å². The number of aryl methyl sites for hydroxylation is 2. The Bertz CT molecular complexity index is 514. The summed E-state index contributed by atoms with van der Waals surface area (Å²) >= 11 is 0. The fourth-order valence-electron chi connectivity index (χ4n) is 2.37. The second-order valence-corrected chi connectivity index (χ2v) is 4.68. The van der Waals surface area contributed by atoms with Crippen molar-refractivity contribution in [2.24, 2.45) is 0 Å². The van der Waals surface area contributed by atoms with Gasteiger partial charge in [-0.1, -0.05) is 0 Å². The molecule has 0 radical (unpaired) electrons. The zero-order chi connectivity index (χ0) is 11.7. The molecule has 0 amide bonds. The number of rotatable bonds is 3. The minimum absolute atomic E-state index is 0.428. The fourth-order valence-corrected chi connectivity index (χ4v) is 2.37. The Morgan fingerprint density at radius 3 is 3.24 bits per heavy atom. The minimum Gasteiger partial charge on any atom is -0.378 e. The molecule has 1 aliphatic heterocycles. The monoisotopic (exact) mass is 231 g/mol. The molecule has 4 heteroatoms. The van der Waals surface area contributed by atoms with E-state index in [9.17, 15) is 0 Å². The van der Waals surface area contributed by atoms with Crippen LogP contribution in [0.15, 0.2) is 12.3 Å². The predicted octanol–water partition coefficient (Wildman–Crippen LogP) is 2.38. The van der Waals surface area contributed by atoms with Crippen molar-refractivity contribution >= 4 is 11.2 Å². The summed E-state index contributed by atoms with van der Waals surface area (Å²) in [4.78, 5) is 12.1. The van der Waals surface area contributed by atoms with Gasteiger partial charge in [0.1, 0.15) is 5.82 Å². The zero-order valence-electron chi connectivity index (χ0n) is 10.1. The van der Waals surface area contributed by atoms with Crippen LogP contribution in [0, 0.1) is 6.92 Å². The van der Waals surface area contributed by atoms with E-state index < -0.39 is 0 Å². The zero-order valence-corrected chi connectivity index (χ0v) is 10.1. The predicted molar refractivity (Wildman–Crippen MR) is 65.9 cm³/mol. The van der Waals surface area contributed by atoms with Crippen LogP contribution in [-0.4, -0.2) is 27.7 Å². The molecule has 1 N–H and O–H groups in total. The lowest BCUT2D eigenvalue weighted by Crippen LogP contribution is -2.06. The number of imidazole rings is 1. The standard InChI is InChI=1S/C13H17N3O/c1-9-6-7-14-13-12(9)15-11(16-13)5-4-10-3-2-8-17-10/h6-7,10H,2-5,8H2,1H3,(H,14,15,16). The lowest BCUT2D eigenvalue weighted by Gasteiger charge is -2.06. The van der Waals surface area contributed by atoms with Crippen molar-refractivity contribution in [1.82, 2.24) is 15.0 Å². The Balaban J connectivity index is 1.74. The molecule has 0 spiro atoms. The smallest absolute Gasteiger partial charge is 0.177 e. The van der Waals surface area contributed by atoms with E-state index in [1.807, 2.05) is 12.3 Å². The van der Waals surface area contributed by atoms with Gasteiger partial charge in [0.15, 0.2) is 5.65 Å². The van der Waals surface area contributed by atoms with Crippen molar-refractivity contribution in [2.75, 3.05) is 6.61 Å². The summed E-state index contributed by atoms with van der Waals surface area (Å²) in [5, 5.41) is 0. The maximum atomic E-state index is 5.62. The number of pyridine rings is 1. The second-order valence-electron chi connectivity index (χ2n) is 4.68. The van der Waals surface area contributed by atoms with Gasteiger partial charge in [0.05, 0.1) is 11.6 Å². The van der Waals surface area contributed by atoms with E-state index in [0.717, 1.165) is 36.4 Å². The first-order valence-electron chi connectivity index (χ1n) is 6.25. The molecule has 90 valence electrons. The van der Waals surface area contributed by atoms with Gasteiger partial charge in [-0.15, -0.1) is 0 Å². The molecular weight excluding hydrogens is 214 g/mol. The number of aromatic nitrogens is 3. The van der Waals surface area contributed by atoms with E-state index >= 15 is 0 Å². The third-order valence-electron chi connectivity index (χ3n) is 3.38. The molecule has 1 saturated heterocycles. The summed E-state index contributed by atoms with van der Waals surface area (Å²) in [6.07, 6.45) is 6.63. The average molecular weight is 231 g/mol. The molecule has 0 bridgehead atoms. The number of fused-ring (bicyclic) bond motifs is 1. The molecule has 2 aromatic heterocycles. The highest BCUT2D eigenvalue weighted by Crippen LogP contribution is 2.18. The summed E-state index contributed by atoms with van der Waals surface area (Å²) in [6.45, 7) is 3.00. The third-order valence-corrected chi connectivity index (χ3v) is 3.38. The quantitative estimate of drug-likeness (QED) is 0.882. The molecule has 17 heavy (non-hydrogen) atoms. The highest BCUT2D eigenvalue weighted by Gasteiger charge is 2.16. The molecule has 1 aliphatic rings. The Morgan fingerprint density at radius 2 is 2.47 bits per heavy atom. The Kier molecular flexibility index (Phi) is 2.81. The number of aromatic amines is 1. The highest BCUT2D eigenvalue weighted by atomic mass is 16.5. The molecule has 1 atom stereocenters. The summed E-state index contributed by atoms with van der Waals surface area (Å²) < 4.78 is 5.62. The van der Waals surface area contributed by atoms with Gasteiger partial charge in [0.2, 0.25) is 0 Å². The van der Waals surface area contributed by atoms with E-state index in [0.29, 0.717) is 6.10 Å². The summed E-state index contributed by atoms with van der Waals surface area (Å²) in [6, 6.07) is 2.00. The summed E-state index contributed by atoms with van der Waals surface area (Å²) in [5.41, 5.74) is 3.09. The average Bonchev–Trinajstić information content (AvgIpc) is 2.95. The van der Waals surface area contributed by atoms with Crippen LogP contribution in [0.25, 0.3) is 11.2 Å². The van der Waals surface area contributed by atoms with Crippen LogP contribution in [0.1, 0.15) is 30.7 Å². The van der Waals surface area contributed by atoms with Gasteiger partial charge in [-0.3, -0.25) is 0 Å². The van der Waals surface area contributed by atoms with Crippen LogP contribution in [0.3, 0.4) is 0 Å².